The van der Waals surface area contributed by atoms with Gasteiger partial charge < -0.3 is 5.11 Å². The van der Waals surface area contributed by atoms with Gasteiger partial charge in [0.15, 0.2) is 0 Å². The summed E-state index contributed by atoms with van der Waals surface area (Å²) in [5, 5.41) is 13.7. The third-order valence-corrected chi connectivity index (χ3v) is 4.39. The molecule has 0 bridgehead atoms. The van der Waals surface area contributed by atoms with Crippen molar-refractivity contribution in [1.82, 2.24) is 0 Å². The van der Waals surface area contributed by atoms with Gasteiger partial charge in [-0.2, -0.15) is 0 Å². The Hall–Kier alpha value is -1.42. The van der Waals surface area contributed by atoms with E-state index in [4.69, 9.17) is 11.6 Å². The molecule has 0 aliphatic carbocycles. The smallest absolute Gasteiger partial charge is 0.130 e. The second kappa shape index (κ2) is 4.93. The molecule has 0 amide bonds. The maximum absolute atomic E-state index is 13.9. The van der Waals surface area contributed by atoms with E-state index in [2.05, 4.69) is 0 Å². The van der Waals surface area contributed by atoms with Gasteiger partial charge in [-0.25, -0.2) is 4.39 Å². The highest BCUT2D eigenvalue weighted by atomic mass is 35.5. The van der Waals surface area contributed by atoms with Gasteiger partial charge in [0.05, 0.1) is 0 Å². The minimum atomic E-state index is -1.06. The van der Waals surface area contributed by atoms with Crippen molar-refractivity contribution in [2.45, 2.75) is 6.10 Å². The largest absolute Gasteiger partial charge is 0.383 e. The first-order chi connectivity index (χ1) is 9.18. The Bertz CT molecular complexity index is 718. The third-order valence-electron chi connectivity index (χ3n) is 3.08. The first-order valence-electron chi connectivity index (χ1n) is 5.76. The van der Waals surface area contributed by atoms with E-state index in [9.17, 15) is 9.50 Å². The molecule has 1 nitrogen and oxygen atoms in total. The van der Waals surface area contributed by atoms with Crippen molar-refractivity contribution in [2.24, 2.45) is 0 Å². The summed E-state index contributed by atoms with van der Waals surface area (Å²) in [6.07, 6.45) is -1.06. The monoisotopic (exact) mass is 292 g/mol. The van der Waals surface area contributed by atoms with Crippen LogP contribution in [0.5, 0.6) is 0 Å². The number of aliphatic hydroxyl groups excluding tert-OH is 1. The van der Waals surface area contributed by atoms with Crippen molar-refractivity contribution in [1.29, 1.82) is 0 Å². The molecule has 1 aromatic heterocycles. The minimum absolute atomic E-state index is 0.130. The maximum Gasteiger partial charge on any atom is 0.130 e. The van der Waals surface area contributed by atoms with Gasteiger partial charge in [0, 0.05) is 20.8 Å². The van der Waals surface area contributed by atoms with Crippen LogP contribution < -0.4 is 0 Å². The Labute approximate surface area is 118 Å². The van der Waals surface area contributed by atoms with E-state index >= 15 is 0 Å². The number of halogens is 2. The van der Waals surface area contributed by atoms with Crippen molar-refractivity contribution in [2.75, 3.05) is 0 Å². The third kappa shape index (κ3) is 2.14. The zero-order valence-corrected chi connectivity index (χ0v) is 11.4. The van der Waals surface area contributed by atoms with E-state index in [1.54, 1.807) is 12.1 Å². The van der Waals surface area contributed by atoms with Crippen LogP contribution in [-0.2, 0) is 0 Å². The van der Waals surface area contributed by atoms with Gasteiger partial charge in [-0.1, -0.05) is 35.9 Å². The van der Waals surface area contributed by atoms with E-state index in [0.717, 1.165) is 10.1 Å². The molecule has 3 aromatic rings. The molecule has 0 spiro atoms. The van der Waals surface area contributed by atoms with Gasteiger partial charge in [0.25, 0.3) is 0 Å². The van der Waals surface area contributed by atoms with E-state index in [1.165, 1.54) is 23.5 Å². The highest BCUT2D eigenvalue weighted by molar-refractivity contribution is 7.17. The lowest BCUT2D eigenvalue weighted by molar-refractivity contribution is 0.217. The van der Waals surface area contributed by atoms with Crippen molar-refractivity contribution in [3.63, 3.8) is 0 Å². The number of hydrogen-bond donors (Lipinski definition) is 1. The summed E-state index contributed by atoms with van der Waals surface area (Å²) in [7, 11) is 0. The highest BCUT2D eigenvalue weighted by Gasteiger charge is 2.20. The summed E-state index contributed by atoms with van der Waals surface area (Å²) < 4.78 is 14.8. The first-order valence-corrected chi connectivity index (χ1v) is 7.02. The maximum atomic E-state index is 13.9. The molecule has 1 heterocycles. The molecule has 0 fully saturated rings. The average molecular weight is 293 g/mol. The highest BCUT2D eigenvalue weighted by Crippen LogP contribution is 2.35. The van der Waals surface area contributed by atoms with Crippen LogP contribution in [0.15, 0.2) is 47.8 Å². The van der Waals surface area contributed by atoms with Crippen molar-refractivity contribution < 1.29 is 9.50 Å². The van der Waals surface area contributed by atoms with Gasteiger partial charge in [0.2, 0.25) is 0 Å². The van der Waals surface area contributed by atoms with Gasteiger partial charge >= 0.3 is 0 Å². The minimum Gasteiger partial charge on any atom is -0.383 e. The second-order valence-corrected chi connectivity index (χ2v) is 5.55. The molecule has 3 rings (SSSR count). The molecule has 96 valence electrons. The number of fused-ring (bicyclic) bond motifs is 1. The Morgan fingerprint density at radius 1 is 1.11 bits per heavy atom. The van der Waals surface area contributed by atoms with Gasteiger partial charge in [0.1, 0.15) is 11.9 Å². The molecular weight excluding hydrogens is 283 g/mol. The standard InChI is InChI=1S/C15H10ClFOS/c16-11-5-2-6-12(17)13(11)14(18)10-4-1-3-9-7-8-19-15(9)10/h1-8,14,18H. The average Bonchev–Trinajstić information content (AvgIpc) is 2.86. The molecule has 2 aromatic carbocycles. The number of thiophene rings is 1. The van der Waals surface area contributed by atoms with Gasteiger partial charge in [-0.05, 0) is 29.0 Å². The van der Waals surface area contributed by atoms with Crippen LogP contribution in [0.25, 0.3) is 10.1 Å². The zero-order chi connectivity index (χ0) is 13.4. The van der Waals surface area contributed by atoms with Crippen LogP contribution in [0.2, 0.25) is 5.02 Å². The Balaban J connectivity index is 2.19. The molecule has 1 unspecified atom stereocenters. The van der Waals surface area contributed by atoms with Crippen LogP contribution in [0, 0.1) is 5.82 Å². The van der Waals surface area contributed by atoms with Crippen LogP contribution >= 0.6 is 22.9 Å². The molecule has 1 atom stereocenters. The lowest BCUT2D eigenvalue weighted by atomic mass is 10.00. The molecule has 0 aliphatic rings. The summed E-state index contributed by atoms with van der Waals surface area (Å²) in [4.78, 5) is 0. The fourth-order valence-corrected chi connectivity index (χ4v) is 3.36. The molecule has 0 aliphatic heterocycles. The zero-order valence-electron chi connectivity index (χ0n) is 9.81. The van der Waals surface area contributed by atoms with Crippen LogP contribution in [0.3, 0.4) is 0 Å². The molecule has 4 heteroatoms. The summed E-state index contributed by atoms with van der Waals surface area (Å²) in [5.74, 6) is -0.492. The van der Waals surface area contributed by atoms with E-state index in [1.807, 2.05) is 23.6 Å². The number of rotatable bonds is 2. The molecule has 1 N–H and O–H groups in total. The lowest BCUT2D eigenvalue weighted by Crippen LogP contribution is -2.03. The summed E-state index contributed by atoms with van der Waals surface area (Å²) in [5.41, 5.74) is 0.810. The molecule has 0 saturated heterocycles. The summed E-state index contributed by atoms with van der Waals surface area (Å²) in [6, 6.07) is 12.0. The van der Waals surface area contributed by atoms with Crippen molar-refractivity contribution >= 4 is 33.0 Å². The summed E-state index contributed by atoms with van der Waals surface area (Å²) in [6.45, 7) is 0. The van der Waals surface area contributed by atoms with Gasteiger partial charge in [-0.3, -0.25) is 0 Å². The number of aliphatic hydroxyl groups is 1. The SMILES string of the molecule is OC(c1c(F)cccc1Cl)c1cccc2ccsc12. The van der Waals surface area contributed by atoms with Crippen LogP contribution in [-0.4, -0.2) is 5.11 Å². The van der Waals surface area contributed by atoms with Crippen LogP contribution in [0.1, 0.15) is 17.2 Å². The first kappa shape index (κ1) is 12.6. The van der Waals surface area contributed by atoms with E-state index < -0.39 is 11.9 Å². The Morgan fingerprint density at radius 2 is 1.89 bits per heavy atom. The fourth-order valence-electron chi connectivity index (χ4n) is 2.16. The number of hydrogen-bond acceptors (Lipinski definition) is 2. The van der Waals surface area contributed by atoms with E-state index in [0.29, 0.717) is 5.56 Å². The van der Waals surface area contributed by atoms with Crippen LogP contribution in [0.4, 0.5) is 4.39 Å². The van der Waals surface area contributed by atoms with Crippen molar-refractivity contribution in [3.8, 4) is 0 Å². The predicted octanol–water partition coefficient (Wildman–Crippen LogP) is 4.78. The topological polar surface area (TPSA) is 20.2 Å². The number of benzene rings is 2. The quantitative estimate of drug-likeness (QED) is 0.721. The Kier molecular flexibility index (Phi) is 3.27. The Morgan fingerprint density at radius 3 is 2.68 bits per heavy atom. The normalized spacial score (nSPS) is 12.8. The molecule has 0 saturated carbocycles. The molecule has 19 heavy (non-hydrogen) atoms. The van der Waals surface area contributed by atoms with Gasteiger partial charge in [-0.15, -0.1) is 11.3 Å². The van der Waals surface area contributed by atoms with Crippen molar-refractivity contribution in [3.05, 3.63) is 69.8 Å². The molecule has 0 radical (unpaired) electrons. The second-order valence-electron chi connectivity index (χ2n) is 4.22. The lowest BCUT2D eigenvalue weighted by Gasteiger charge is -2.14. The fraction of sp³-hybridized carbons (Fsp3) is 0.0667. The van der Waals surface area contributed by atoms with E-state index in [-0.39, 0.29) is 10.6 Å². The summed E-state index contributed by atoms with van der Waals surface area (Å²) >= 11 is 7.53. The predicted molar refractivity (Wildman–Crippen MR) is 77.3 cm³/mol. The molecular formula is C15H10ClFOS.